The summed E-state index contributed by atoms with van der Waals surface area (Å²) >= 11 is 7.39. The van der Waals surface area contributed by atoms with Crippen LogP contribution in [-0.4, -0.2) is 32.0 Å². The summed E-state index contributed by atoms with van der Waals surface area (Å²) in [6.07, 6.45) is 3.51. The van der Waals surface area contributed by atoms with E-state index in [0.717, 1.165) is 23.0 Å². The Morgan fingerprint density at radius 1 is 1.26 bits per heavy atom. The summed E-state index contributed by atoms with van der Waals surface area (Å²) in [5.74, 6) is 2.01. The maximum atomic E-state index is 12.7. The van der Waals surface area contributed by atoms with Crippen LogP contribution in [0.2, 0.25) is 5.02 Å². The van der Waals surface area contributed by atoms with Crippen LogP contribution in [0.25, 0.3) is 11.4 Å². The van der Waals surface area contributed by atoms with Crippen molar-refractivity contribution < 1.29 is 4.79 Å². The van der Waals surface area contributed by atoms with Gasteiger partial charge in [-0.2, -0.15) is 0 Å². The molecule has 0 unspecified atom stereocenters. The Hall–Kier alpha value is -1.53. The first kappa shape index (κ1) is 20.2. The summed E-state index contributed by atoms with van der Waals surface area (Å²) in [5.41, 5.74) is 0.948. The van der Waals surface area contributed by atoms with Gasteiger partial charge in [-0.15, -0.1) is 10.2 Å². The van der Waals surface area contributed by atoms with Gasteiger partial charge in [0.25, 0.3) is 0 Å². The molecule has 1 N–H and O–H groups in total. The van der Waals surface area contributed by atoms with Gasteiger partial charge in [0, 0.05) is 23.7 Å². The third-order valence-corrected chi connectivity index (χ3v) is 7.01. The molecule has 4 atom stereocenters. The average molecular weight is 407 g/mol. The molecule has 1 aromatic heterocycles. The highest BCUT2D eigenvalue weighted by Crippen LogP contribution is 2.31. The Labute approximate surface area is 170 Å². The van der Waals surface area contributed by atoms with Crippen molar-refractivity contribution in [3.05, 3.63) is 29.3 Å². The highest BCUT2D eigenvalue weighted by Gasteiger charge is 2.30. The number of nitrogens with zero attached hydrogens (tertiary/aromatic N) is 3. The molecule has 0 saturated heterocycles. The van der Waals surface area contributed by atoms with Gasteiger partial charge < -0.3 is 9.88 Å². The monoisotopic (exact) mass is 406 g/mol. The summed E-state index contributed by atoms with van der Waals surface area (Å²) in [7, 11) is 1.92. The smallest absolute Gasteiger partial charge is 0.233 e. The van der Waals surface area contributed by atoms with E-state index >= 15 is 0 Å². The summed E-state index contributed by atoms with van der Waals surface area (Å²) in [4.78, 5) is 12.7. The van der Waals surface area contributed by atoms with Crippen molar-refractivity contribution in [3.8, 4) is 11.4 Å². The third-order valence-electron chi connectivity index (χ3n) is 5.62. The average Bonchev–Trinajstić information content (AvgIpc) is 3.00. The van der Waals surface area contributed by atoms with Crippen LogP contribution < -0.4 is 5.32 Å². The fraction of sp³-hybridized carbons (Fsp3) is 0.550. The first-order valence-corrected chi connectivity index (χ1v) is 10.7. The van der Waals surface area contributed by atoms with E-state index in [0.29, 0.717) is 16.9 Å². The van der Waals surface area contributed by atoms with Gasteiger partial charge in [-0.25, -0.2) is 0 Å². The topological polar surface area (TPSA) is 59.8 Å². The Balaban J connectivity index is 1.64. The summed E-state index contributed by atoms with van der Waals surface area (Å²) < 4.78 is 1.92. The minimum atomic E-state index is -0.226. The molecule has 1 aliphatic rings. The number of halogens is 1. The summed E-state index contributed by atoms with van der Waals surface area (Å²) in [6.45, 7) is 6.44. The number of benzene rings is 1. The maximum Gasteiger partial charge on any atom is 0.233 e. The lowest BCUT2D eigenvalue weighted by molar-refractivity contribution is -0.121. The van der Waals surface area contributed by atoms with E-state index < -0.39 is 0 Å². The summed E-state index contributed by atoms with van der Waals surface area (Å²) in [5, 5.41) is 13.0. The van der Waals surface area contributed by atoms with E-state index in [9.17, 15) is 4.79 Å². The van der Waals surface area contributed by atoms with Crippen molar-refractivity contribution in [1.29, 1.82) is 0 Å². The Morgan fingerprint density at radius 3 is 2.67 bits per heavy atom. The van der Waals surface area contributed by atoms with Crippen LogP contribution in [-0.2, 0) is 11.8 Å². The second-order valence-corrected chi connectivity index (χ2v) is 9.26. The van der Waals surface area contributed by atoms with Gasteiger partial charge in [0.2, 0.25) is 5.91 Å². The van der Waals surface area contributed by atoms with E-state index in [1.165, 1.54) is 24.6 Å². The highest BCUT2D eigenvalue weighted by atomic mass is 35.5. The molecule has 1 heterocycles. The Kier molecular flexibility index (Phi) is 6.48. The third kappa shape index (κ3) is 4.66. The number of hydrogen-bond donors (Lipinski definition) is 1. The zero-order chi connectivity index (χ0) is 19.6. The lowest BCUT2D eigenvalue weighted by Crippen LogP contribution is -2.46. The van der Waals surface area contributed by atoms with Crippen LogP contribution in [0.15, 0.2) is 29.4 Å². The summed E-state index contributed by atoms with van der Waals surface area (Å²) in [6, 6.07) is 7.78. The van der Waals surface area contributed by atoms with E-state index in [-0.39, 0.29) is 17.2 Å². The molecule has 1 aromatic carbocycles. The molecule has 0 radical (unpaired) electrons. The number of aromatic nitrogens is 3. The van der Waals surface area contributed by atoms with E-state index in [1.54, 1.807) is 0 Å². The molecule has 2 aromatic rings. The molecule has 1 aliphatic carbocycles. The molecule has 0 bridgehead atoms. The molecule has 27 heavy (non-hydrogen) atoms. The van der Waals surface area contributed by atoms with Gasteiger partial charge >= 0.3 is 0 Å². The first-order chi connectivity index (χ1) is 12.9. The van der Waals surface area contributed by atoms with E-state index in [2.05, 4.69) is 29.4 Å². The molecule has 146 valence electrons. The molecule has 1 fully saturated rings. The van der Waals surface area contributed by atoms with Gasteiger partial charge in [-0.1, -0.05) is 50.1 Å². The number of nitrogens with one attached hydrogen (secondary N) is 1. The molecule has 0 spiro atoms. The van der Waals surface area contributed by atoms with Crippen molar-refractivity contribution in [2.24, 2.45) is 18.9 Å². The number of thioether (sulfide) groups is 1. The number of hydrogen-bond acceptors (Lipinski definition) is 4. The van der Waals surface area contributed by atoms with Crippen LogP contribution in [0.3, 0.4) is 0 Å². The van der Waals surface area contributed by atoms with Crippen molar-refractivity contribution >= 4 is 29.3 Å². The lowest BCUT2D eigenvalue weighted by atomic mass is 9.78. The molecule has 3 rings (SSSR count). The first-order valence-electron chi connectivity index (χ1n) is 9.49. The zero-order valence-electron chi connectivity index (χ0n) is 16.3. The molecule has 0 aliphatic heterocycles. The van der Waals surface area contributed by atoms with Crippen LogP contribution in [0.1, 0.15) is 40.0 Å². The van der Waals surface area contributed by atoms with Crippen LogP contribution in [0, 0.1) is 11.8 Å². The Morgan fingerprint density at radius 2 is 1.96 bits per heavy atom. The SMILES string of the molecule is C[C@@H]1[C@H](C)CCC[C@H]1NC(=O)[C@@H](C)Sc1nnc(-c2ccc(Cl)cc2)n1C. The minimum absolute atomic E-state index is 0.0713. The van der Waals surface area contributed by atoms with Crippen molar-refractivity contribution in [2.75, 3.05) is 0 Å². The molecular formula is C20H27ClN4OS. The number of rotatable bonds is 5. The predicted molar refractivity (Wildman–Crippen MR) is 111 cm³/mol. The second kappa shape index (κ2) is 8.65. The number of amides is 1. The molecule has 1 amide bonds. The van der Waals surface area contributed by atoms with Crippen LogP contribution in [0.5, 0.6) is 0 Å². The maximum absolute atomic E-state index is 12.7. The quantitative estimate of drug-likeness (QED) is 0.739. The van der Waals surface area contributed by atoms with Gasteiger partial charge in [0.15, 0.2) is 11.0 Å². The van der Waals surface area contributed by atoms with E-state index in [4.69, 9.17) is 11.6 Å². The van der Waals surface area contributed by atoms with Gasteiger partial charge in [0.1, 0.15) is 0 Å². The lowest BCUT2D eigenvalue weighted by Gasteiger charge is -2.35. The number of carbonyl (C=O) groups excluding carboxylic acids is 1. The van der Waals surface area contributed by atoms with Crippen LogP contribution in [0.4, 0.5) is 0 Å². The van der Waals surface area contributed by atoms with E-state index in [1.807, 2.05) is 42.8 Å². The molecule has 1 saturated carbocycles. The zero-order valence-corrected chi connectivity index (χ0v) is 17.8. The largest absolute Gasteiger partial charge is 0.352 e. The minimum Gasteiger partial charge on any atom is -0.352 e. The second-order valence-electron chi connectivity index (χ2n) is 7.51. The van der Waals surface area contributed by atoms with Gasteiger partial charge in [-0.3, -0.25) is 4.79 Å². The molecular weight excluding hydrogens is 380 g/mol. The predicted octanol–water partition coefficient (Wildman–Crippen LogP) is 4.56. The fourth-order valence-electron chi connectivity index (χ4n) is 3.57. The van der Waals surface area contributed by atoms with Crippen molar-refractivity contribution in [2.45, 2.75) is 56.5 Å². The standard InChI is InChI=1S/C20H27ClN4OS/c1-12-6-5-7-17(13(12)2)22-19(26)14(3)27-20-24-23-18(25(20)4)15-8-10-16(21)11-9-15/h8-14,17H,5-7H2,1-4H3,(H,22,26)/t12-,13-,14-,17-/m1/s1. The molecule has 5 nitrogen and oxygen atoms in total. The molecule has 7 heteroatoms. The van der Waals surface area contributed by atoms with Crippen molar-refractivity contribution in [1.82, 2.24) is 20.1 Å². The fourth-order valence-corrected chi connectivity index (χ4v) is 4.52. The number of carbonyl (C=O) groups is 1. The normalized spacial score (nSPS) is 23.8. The van der Waals surface area contributed by atoms with Crippen molar-refractivity contribution in [3.63, 3.8) is 0 Å². The van der Waals surface area contributed by atoms with Gasteiger partial charge in [0.05, 0.1) is 5.25 Å². The van der Waals surface area contributed by atoms with Gasteiger partial charge in [-0.05, 0) is 49.4 Å². The van der Waals surface area contributed by atoms with Crippen LogP contribution >= 0.6 is 23.4 Å². The highest BCUT2D eigenvalue weighted by molar-refractivity contribution is 8.00. The Bertz CT molecular complexity index is 792.